The van der Waals surface area contributed by atoms with Crippen molar-refractivity contribution in [2.75, 3.05) is 33.7 Å². The van der Waals surface area contributed by atoms with Crippen LogP contribution in [0.25, 0.3) is 0 Å². The predicted octanol–water partition coefficient (Wildman–Crippen LogP) is 3.51. The summed E-state index contributed by atoms with van der Waals surface area (Å²) >= 11 is 6.04. The van der Waals surface area contributed by atoms with E-state index in [0.29, 0.717) is 16.5 Å². The van der Waals surface area contributed by atoms with Gasteiger partial charge in [0.15, 0.2) is 0 Å². The van der Waals surface area contributed by atoms with Crippen LogP contribution in [0.3, 0.4) is 0 Å². The molecular formula is C20H27ClN4O. The van der Waals surface area contributed by atoms with E-state index in [-0.39, 0.29) is 5.91 Å². The smallest absolute Gasteiger partial charge is 0.253 e. The van der Waals surface area contributed by atoms with Crippen molar-refractivity contribution in [3.05, 3.63) is 53.1 Å². The Labute approximate surface area is 160 Å². The molecule has 0 aliphatic carbocycles. The highest BCUT2D eigenvalue weighted by Crippen LogP contribution is 2.27. The Balaban J connectivity index is 1.67. The number of likely N-dealkylation sites (tertiary alicyclic amines) is 1. The minimum absolute atomic E-state index is 0.0583. The third-order valence-electron chi connectivity index (χ3n) is 4.90. The minimum Gasteiger partial charge on any atom is -0.338 e. The van der Waals surface area contributed by atoms with E-state index in [1.54, 1.807) is 12.1 Å². The van der Waals surface area contributed by atoms with Gasteiger partial charge in [0.05, 0.1) is 0 Å². The van der Waals surface area contributed by atoms with E-state index in [4.69, 9.17) is 11.6 Å². The summed E-state index contributed by atoms with van der Waals surface area (Å²) in [7, 11) is 4.19. The molecule has 3 rings (SSSR count). The molecule has 1 amide bonds. The average Bonchev–Trinajstić information content (AvgIpc) is 3.09. The maximum absolute atomic E-state index is 12.8. The number of carbonyl (C=O) groups is 1. The number of amides is 1. The van der Waals surface area contributed by atoms with E-state index in [1.165, 1.54) is 0 Å². The molecule has 1 fully saturated rings. The first-order valence-electron chi connectivity index (χ1n) is 9.25. The van der Waals surface area contributed by atoms with Crippen LogP contribution in [0.4, 0.5) is 0 Å². The normalized spacial score (nSPS) is 17.7. The largest absolute Gasteiger partial charge is 0.338 e. The van der Waals surface area contributed by atoms with Gasteiger partial charge in [-0.3, -0.25) is 4.79 Å². The molecule has 0 unspecified atom stereocenters. The molecule has 0 bridgehead atoms. The van der Waals surface area contributed by atoms with Gasteiger partial charge in [-0.1, -0.05) is 17.7 Å². The van der Waals surface area contributed by atoms with Crippen molar-refractivity contribution in [2.45, 2.75) is 31.7 Å². The topological polar surface area (TPSA) is 41.4 Å². The molecule has 1 aromatic heterocycles. The summed E-state index contributed by atoms with van der Waals surface area (Å²) in [5.74, 6) is 1.46. The Morgan fingerprint density at radius 1 is 1.38 bits per heavy atom. The van der Waals surface area contributed by atoms with Gasteiger partial charge in [-0.25, -0.2) is 4.98 Å². The molecule has 1 aliphatic heterocycles. The molecule has 0 spiro atoms. The third kappa shape index (κ3) is 4.65. The average molecular weight is 375 g/mol. The maximum atomic E-state index is 12.8. The number of piperidine rings is 1. The summed E-state index contributed by atoms with van der Waals surface area (Å²) in [6.07, 6.45) is 7.10. The number of aromatic nitrogens is 2. The van der Waals surface area contributed by atoms with Crippen molar-refractivity contribution < 1.29 is 4.79 Å². The molecule has 0 N–H and O–H groups in total. The lowest BCUT2D eigenvalue weighted by molar-refractivity contribution is 0.0703. The first-order valence-corrected chi connectivity index (χ1v) is 9.63. The molecule has 1 saturated heterocycles. The van der Waals surface area contributed by atoms with Gasteiger partial charge >= 0.3 is 0 Å². The van der Waals surface area contributed by atoms with Crippen molar-refractivity contribution in [1.29, 1.82) is 0 Å². The summed E-state index contributed by atoms with van der Waals surface area (Å²) in [4.78, 5) is 21.6. The zero-order valence-corrected chi connectivity index (χ0v) is 16.3. The fourth-order valence-corrected chi connectivity index (χ4v) is 3.79. The van der Waals surface area contributed by atoms with Crippen molar-refractivity contribution in [3.8, 4) is 0 Å². The van der Waals surface area contributed by atoms with Crippen molar-refractivity contribution >= 4 is 17.5 Å². The lowest BCUT2D eigenvalue weighted by Gasteiger charge is -2.33. The van der Waals surface area contributed by atoms with Crippen LogP contribution in [0.2, 0.25) is 5.02 Å². The molecule has 1 aromatic carbocycles. The number of rotatable bonds is 6. The van der Waals surface area contributed by atoms with Crippen LogP contribution in [-0.4, -0.2) is 59.0 Å². The standard InChI is InChI=1S/C20H27ClN4O/c1-23(2)10-5-12-24-13-9-22-19(24)17-7-4-11-25(15-17)20(26)16-6-3-8-18(21)14-16/h3,6,8-9,13-14,17H,4-5,7,10-12,15H2,1-2H3/t17-/m1/s1. The molecular weight excluding hydrogens is 348 g/mol. The van der Waals surface area contributed by atoms with E-state index in [0.717, 1.165) is 51.3 Å². The monoisotopic (exact) mass is 374 g/mol. The zero-order chi connectivity index (χ0) is 18.5. The van der Waals surface area contributed by atoms with Gasteiger partial charge < -0.3 is 14.4 Å². The molecule has 1 aliphatic rings. The minimum atomic E-state index is 0.0583. The van der Waals surface area contributed by atoms with Crippen molar-refractivity contribution in [3.63, 3.8) is 0 Å². The number of benzene rings is 1. The summed E-state index contributed by atoms with van der Waals surface area (Å²) in [6, 6.07) is 7.20. The summed E-state index contributed by atoms with van der Waals surface area (Å²) in [5, 5.41) is 0.598. The van der Waals surface area contributed by atoms with Gasteiger partial charge in [0.1, 0.15) is 5.82 Å². The number of nitrogens with zero attached hydrogens (tertiary/aromatic N) is 4. The number of halogens is 1. The van der Waals surface area contributed by atoms with Crippen LogP contribution in [0.1, 0.15) is 41.4 Å². The lowest BCUT2D eigenvalue weighted by Crippen LogP contribution is -2.39. The molecule has 26 heavy (non-hydrogen) atoms. The van der Waals surface area contributed by atoms with Crippen molar-refractivity contribution in [1.82, 2.24) is 19.4 Å². The predicted molar refractivity (Wildman–Crippen MR) is 105 cm³/mol. The van der Waals surface area contributed by atoms with Gasteiger partial charge in [0, 0.05) is 48.5 Å². The number of imidazole rings is 1. The highest BCUT2D eigenvalue weighted by molar-refractivity contribution is 6.30. The molecule has 2 aromatic rings. The Hall–Kier alpha value is -1.85. The summed E-state index contributed by atoms with van der Waals surface area (Å²) < 4.78 is 2.25. The molecule has 5 nitrogen and oxygen atoms in total. The fraction of sp³-hybridized carbons (Fsp3) is 0.500. The zero-order valence-electron chi connectivity index (χ0n) is 15.6. The molecule has 6 heteroatoms. The van der Waals surface area contributed by atoms with E-state index < -0.39 is 0 Å². The maximum Gasteiger partial charge on any atom is 0.253 e. The van der Waals surface area contributed by atoms with Gasteiger partial charge in [-0.05, 0) is 58.1 Å². The second-order valence-corrected chi connectivity index (χ2v) is 7.67. The number of aryl methyl sites for hydroxylation is 1. The van der Waals surface area contributed by atoms with Crippen LogP contribution in [0, 0.1) is 0 Å². The Kier molecular flexibility index (Phi) is 6.33. The third-order valence-corrected chi connectivity index (χ3v) is 5.13. The van der Waals surface area contributed by atoms with E-state index >= 15 is 0 Å². The van der Waals surface area contributed by atoms with Gasteiger partial charge in [-0.2, -0.15) is 0 Å². The number of hydrogen-bond acceptors (Lipinski definition) is 3. The Morgan fingerprint density at radius 3 is 3.00 bits per heavy atom. The van der Waals surface area contributed by atoms with Crippen LogP contribution in [0.5, 0.6) is 0 Å². The van der Waals surface area contributed by atoms with E-state index in [1.807, 2.05) is 23.2 Å². The molecule has 0 radical (unpaired) electrons. The van der Waals surface area contributed by atoms with Gasteiger partial charge in [0.2, 0.25) is 0 Å². The first kappa shape index (κ1) is 18.9. The second kappa shape index (κ2) is 8.69. The second-order valence-electron chi connectivity index (χ2n) is 7.24. The number of hydrogen-bond donors (Lipinski definition) is 0. The SMILES string of the molecule is CN(C)CCCn1ccnc1[C@@H]1CCCN(C(=O)c2cccc(Cl)c2)C1. The highest BCUT2D eigenvalue weighted by Gasteiger charge is 2.28. The fourth-order valence-electron chi connectivity index (χ4n) is 3.60. The summed E-state index contributed by atoms with van der Waals surface area (Å²) in [6.45, 7) is 3.53. The Morgan fingerprint density at radius 2 is 2.23 bits per heavy atom. The van der Waals surface area contributed by atoms with Gasteiger partial charge in [-0.15, -0.1) is 0 Å². The quantitative estimate of drug-likeness (QED) is 0.777. The van der Waals surface area contributed by atoms with E-state index in [2.05, 4.69) is 34.7 Å². The first-order chi connectivity index (χ1) is 12.5. The van der Waals surface area contributed by atoms with Gasteiger partial charge in [0.25, 0.3) is 5.91 Å². The van der Waals surface area contributed by atoms with Crippen LogP contribution in [0.15, 0.2) is 36.7 Å². The molecule has 0 saturated carbocycles. The van der Waals surface area contributed by atoms with Crippen molar-refractivity contribution in [2.24, 2.45) is 0 Å². The molecule has 1 atom stereocenters. The van der Waals surface area contributed by atoms with E-state index in [9.17, 15) is 4.79 Å². The van der Waals surface area contributed by atoms with Crippen LogP contribution < -0.4 is 0 Å². The number of carbonyl (C=O) groups excluding carboxylic acids is 1. The summed E-state index contributed by atoms with van der Waals surface area (Å²) in [5.41, 5.74) is 0.660. The highest BCUT2D eigenvalue weighted by atomic mass is 35.5. The van der Waals surface area contributed by atoms with Crippen LogP contribution in [-0.2, 0) is 6.54 Å². The Bertz CT molecular complexity index is 743. The lowest BCUT2D eigenvalue weighted by atomic mass is 9.96. The molecule has 2 heterocycles. The molecule has 140 valence electrons. The van der Waals surface area contributed by atoms with Crippen LogP contribution >= 0.6 is 11.6 Å².